The van der Waals surface area contributed by atoms with E-state index in [9.17, 15) is 9.59 Å². The van der Waals surface area contributed by atoms with E-state index in [1.54, 1.807) is 5.57 Å². The summed E-state index contributed by atoms with van der Waals surface area (Å²) in [6, 6.07) is 2.22. The fourth-order valence-electron chi connectivity index (χ4n) is 11.6. The number of hydrogen-bond donors (Lipinski definition) is 0. The summed E-state index contributed by atoms with van der Waals surface area (Å²) in [5, 5.41) is 0. The van der Waals surface area contributed by atoms with Crippen LogP contribution in [0.3, 0.4) is 0 Å². The summed E-state index contributed by atoms with van der Waals surface area (Å²) in [6.07, 6.45) is 14.7. The maximum absolute atomic E-state index is 14.3. The van der Waals surface area contributed by atoms with Crippen LogP contribution < -0.4 is 14.7 Å². The number of allylic oxidation sites excluding steroid dienone is 2. The summed E-state index contributed by atoms with van der Waals surface area (Å²) < 4.78 is 0. The van der Waals surface area contributed by atoms with Gasteiger partial charge in [0, 0.05) is 77.2 Å². The van der Waals surface area contributed by atoms with Crippen molar-refractivity contribution in [1.29, 1.82) is 0 Å². The van der Waals surface area contributed by atoms with Crippen LogP contribution in [0.15, 0.2) is 17.7 Å². The number of ketones is 2. The van der Waals surface area contributed by atoms with Gasteiger partial charge in [0.05, 0.1) is 6.54 Å². The molecule has 0 amide bonds. The van der Waals surface area contributed by atoms with Gasteiger partial charge in [-0.3, -0.25) is 14.5 Å². The summed E-state index contributed by atoms with van der Waals surface area (Å²) in [5.74, 6) is 6.28. The Hall–Kier alpha value is -2.48. The van der Waals surface area contributed by atoms with Crippen molar-refractivity contribution in [2.75, 3.05) is 73.6 Å². The summed E-state index contributed by atoms with van der Waals surface area (Å²) >= 11 is 0. The number of carbonyl (C=O) groups is 2. The van der Waals surface area contributed by atoms with Gasteiger partial charge in [0.1, 0.15) is 17.4 Å². The van der Waals surface area contributed by atoms with Gasteiger partial charge in [-0.25, -0.2) is 0 Å². The molecule has 0 radical (unpaired) electrons. The largest absolute Gasteiger partial charge is 0.356 e. The third kappa shape index (κ3) is 5.20. The SMILES string of the molecule is C[C@@H]1C[C@H]2[C@@H]3CC[C@H]4CC(=O)CC[C@]4(C)C3=CC[C@]2(C)[C@H]1C(=O)CN1CCN(c2cc(N3CCCC3)nc(N3CCCC3)n2)CC1. The molecule has 0 spiro atoms. The van der Waals surface area contributed by atoms with Crippen LogP contribution in [0.5, 0.6) is 0 Å². The zero-order chi connectivity index (χ0) is 31.6. The average molecular weight is 629 g/mol. The maximum Gasteiger partial charge on any atom is 0.229 e. The highest BCUT2D eigenvalue weighted by atomic mass is 16.1. The van der Waals surface area contributed by atoms with E-state index in [0.29, 0.717) is 41.8 Å². The Balaban J connectivity index is 0.939. The van der Waals surface area contributed by atoms with Crippen LogP contribution in [0.4, 0.5) is 17.6 Å². The number of anilines is 3. The third-order valence-corrected chi connectivity index (χ3v) is 14.1. The molecular formula is C38H56N6O2. The van der Waals surface area contributed by atoms with Crippen molar-refractivity contribution in [3.05, 3.63) is 17.7 Å². The topological polar surface area (TPSA) is 72.9 Å². The van der Waals surface area contributed by atoms with Gasteiger partial charge in [-0.15, -0.1) is 0 Å². The highest BCUT2D eigenvalue weighted by Crippen LogP contribution is 2.66. The van der Waals surface area contributed by atoms with E-state index >= 15 is 0 Å². The molecule has 0 bridgehead atoms. The van der Waals surface area contributed by atoms with E-state index in [1.165, 1.54) is 44.9 Å². The van der Waals surface area contributed by atoms with Gasteiger partial charge in [0.25, 0.3) is 0 Å². The Bertz CT molecular complexity index is 1340. The van der Waals surface area contributed by atoms with Crippen molar-refractivity contribution in [2.24, 2.45) is 40.4 Å². The van der Waals surface area contributed by atoms with E-state index in [2.05, 4.69) is 52.5 Å². The van der Waals surface area contributed by atoms with Crippen LogP contribution in [0.25, 0.3) is 0 Å². The first kappa shape index (κ1) is 30.8. The van der Waals surface area contributed by atoms with Gasteiger partial charge in [0.15, 0.2) is 5.78 Å². The fraction of sp³-hybridized carbons (Fsp3) is 0.789. The molecule has 3 saturated heterocycles. The van der Waals surface area contributed by atoms with Crippen LogP contribution in [-0.2, 0) is 9.59 Å². The van der Waals surface area contributed by atoms with Gasteiger partial charge in [0.2, 0.25) is 5.95 Å². The molecule has 7 aliphatic rings. The lowest BCUT2D eigenvalue weighted by molar-refractivity contribution is -0.130. The number of nitrogens with zero attached hydrogens (tertiary/aromatic N) is 6. The van der Waals surface area contributed by atoms with E-state index in [1.807, 2.05) is 0 Å². The molecule has 8 heteroatoms. The molecule has 6 fully saturated rings. The quantitative estimate of drug-likeness (QED) is 0.368. The fourth-order valence-corrected chi connectivity index (χ4v) is 11.6. The molecule has 3 aliphatic heterocycles. The van der Waals surface area contributed by atoms with Crippen molar-refractivity contribution in [3.8, 4) is 0 Å². The molecule has 8 nitrogen and oxygen atoms in total. The van der Waals surface area contributed by atoms with Crippen molar-refractivity contribution >= 4 is 29.2 Å². The second-order valence-corrected chi connectivity index (χ2v) is 16.7. The van der Waals surface area contributed by atoms with E-state index < -0.39 is 0 Å². The lowest BCUT2D eigenvalue weighted by Crippen LogP contribution is -2.51. The van der Waals surface area contributed by atoms with Crippen molar-refractivity contribution < 1.29 is 9.59 Å². The highest BCUT2D eigenvalue weighted by molar-refractivity contribution is 5.84. The molecule has 46 heavy (non-hydrogen) atoms. The molecule has 4 aliphatic carbocycles. The Morgan fingerprint density at radius 2 is 1.54 bits per heavy atom. The Morgan fingerprint density at radius 3 is 2.24 bits per heavy atom. The number of aromatic nitrogens is 2. The van der Waals surface area contributed by atoms with Crippen LogP contribution in [-0.4, -0.2) is 85.3 Å². The molecule has 0 unspecified atom stereocenters. The van der Waals surface area contributed by atoms with Crippen molar-refractivity contribution in [3.63, 3.8) is 0 Å². The van der Waals surface area contributed by atoms with Crippen molar-refractivity contribution in [2.45, 2.75) is 91.4 Å². The second kappa shape index (κ2) is 11.9. The second-order valence-electron chi connectivity index (χ2n) is 16.7. The molecule has 3 saturated carbocycles. The monoisotopic (exact) mass is 628 g/mol. The molecule has 0 aromatic carbocycles. The summed E-state index contributed by atoms with van der Waals surface area (Å²) in [6.45, 7) is 15.8. The molecule has 4 heterocycles. The first-order valence-electron chi connectivity index (χ1n) is 18.8. The molecule has 0 N–H and O–H groups in total. The van der Waals surface area contributed by atoms with Crippen LogP contribution in [0, 0.1) is 40.4 Å². The first-order chi connectivity index (χ1) is 22.2. The number of Topliss-reactive ketones (excluding diaryl/α,β-unsaturated/α-hetero) is 2. The van der Waals surface area contributed by atoms with E-state index in [-0.39, 0.29) is 16.7 Å². The lowest BCUT2D eigenvalue weighted by atomic mass is 9.48. The number of fused-ring (bicyclic) bond motifs is 5. The standard InChI is InChI=1S/C38H56N6O2/c1-26-22-31-29-9-8-27-23-28(45)10-12-37(27,2)30(29)11-13-38(31,3)35(26)32(46)25-41-18-20-43(21-19-41)34-24-33(42-14-4-5-15-42)39-36(40-34)44-16-6-7-17-44/h11,24,26-27,29,31,35H,4-10,12-23,25H2,1-3H3/t26-,27+,29-,31+,35-,37+,38+/m1/s1. The van der Waals surface area contributed by atoms with Crippen LogP contribution >= 0.6 is 0 Å². The smallest absolute Gasteiger partial charge is 0.229 e. The molecule has 7 atom stereocenters. The minimum Gasteiger partial charge on any atom is -0.356 e. The Kier molecular flexibility index (Phi) is 7.97. The van der Waals surface area contributed by atoms with Gasteiger partial charge < -0.3 is 14.7 Å². The first-order valence-corrected chi connectivity index (χ1v) is 18.8. The number of rotatable bonds is 6. The normalized spacial score (nSPS) is 38.1. The zero-order valence-corrected chi connectivity index (χ0v) is 28.7. The number of hydrogen-bond acceptors (Lipinski definition) is 8. The Labute approximate surface area is 276 Å². The maximum atomic E-state index is 14.3. The lowest BCUT2D eigenvalue weighted by Gasteiger charge is -2.55. The predicted molar refractivity (Wildman–Crippen MR) is 183 cm³/mol. The van der Waals surface area contributed by atoms with Gasteiger partial charge in [-0.05, 0) is 92.3 Å². The van der Waals surface area contributed by atoms with E-state index in [0.717, 1.165) is 95.6 Å². The van der Waals surface area contributed by atoms with Crippen LogP contribution in [0.1, 0.15) is 91.4 Å². The average Bonchev–Trinajstić information content (AvgIpc) is 3.83. The van der Waals surface area contributed by atoms with Crippen LogP contribution in [0.2, 0.25) is 0 Å². The van der Waals surface area contributed by atoms with E-state index in [4.69, 9.17) is 9.97 Å². The third-order valence-electron chi connectivity index (χ3n) is 14.1. The molecular weight excluding hydrogens is 572 g/mol. The molecule has 8 rings (SSSR count). The summed E-state index contributed by atoms with van der Waals surface area (Å²) in [4.78, 5) is 46.4. The molecule has 1 aromatic heterocycles. The summed E-state index contributed by atoms with van der Waals surface area (Å²) in [7, 11) is 0. The predicted octanol–water partition coefficient (Wildman–Crippen LogP) is 5.76. The summed E-state index contributed by atoms with van der Waals surface area (Å²) in [5.41, 5.74) is 1.91. The Morgan fingerprint density at radius 1 is 0.891 bits per heavy atom. The minimum atomic E-state index is 0.0546. The molecule has 1 aromatic rings. The number of carbonyl (C=O) groups excluding carboxylic acids is 2. The zero-order valence-electron chi connectivity index (χ0n) is 28.7. The van der Waals surface area contributed by atoms with Gasteiger partial charge >= 0.3 is 0 Å². The number of piperazine rings is 1. The highest BCUT2D eigenvalue weighted by Gasteiger charge is 2.60. The minimum absolute atomic E-state index is 0.0546. The van der Waals surface area contributed by atoms with Gasteiger partial charge in [-0.2, -0.15) is 9.97 Å². The van der Waals surface area contributed by atoms with Gasteiger partial charge in [-0.1, -0.05) is 32.4 Å². The van der Waals surface area contributed by atoms with Crippen molar-refractivity contribution in [1.82, 2.24) is 14.9 Å². The molecule has 250 valence electrons.